The van der Waals surface area contributed by atoms with Crippen LogP contribution in [0.4, 0.5) is 8.78 Å². The molecule has 2 aromatic rings. The maximum Gasteiger partial charge on any atom is 0.134 e. The van der Waals surface area contributed by atoms with Gasteiger partial charge in [-0.3, -0.25) is 0 Å². The molecule has 0 saturated carbocycles. The van der Waals surface area contributed by atoms with Gasteiger partial charge < -0.3 is 5.32 Å². The maximum absolute atomic E-state index is 14.4. The van der Waals surface area contributed by atoms with Crippen LogP contribution in [0.25, 0.3) is 0 Å². The minimum atomic E-state index is -0.544. The summed E-state index contributed by atoms with van der Waals surface area (Å²) >= 11 is 6.85. The van der Waals surface area contributed by atoms with Gasteiger partial charge in [0, 0.05) is 14.5 Å². The second-order valence-electron chi connectivity index (χ2n) is 4.75. The fraction of sp³-hybridized carbons (Fsp3) is 0.250. The molecule has 0 aromatic heterocycles. The van der Waals surface area contributed by atoms with Crippen molar-refractivity contribution in [1.82, 2.24) is 5.32 Å². The summed E-state index contributed by atoms with van der Waals surface area (Å²) in [5.41, 5.74) is 1.28. The van der Waals surface area contributed by atoms with E-state index in [0.717, 1.165) is 14.5 Å². The predicted octanol–water partition coefficient (Wildman–Crippen LogP) is 5.50. The number of halogens is 4. The Morgan fingerprint density at radius 3 is 2.48 bits per heavy atom. The topological polar surface area (TPSA) is 12.0 Å². The molecular weight excluding hydrogens is 404 g/mol. The number of hydrogen-bond acceptors (Lipinski definition) is 1. The molecule has 0 aliphatic rings. The van der Waals surface area contributed by atoms with Gasteiger partial charge >= 0.3 is 0 Å². The van der Waals surface area contributed by atoms with Crippen molar-refractivity contribution < 1.29 is 8.78 Å². The fourth-order valence-corrected chi connectivity index (χ4v) is 3.53. The number of rotatable bonds is 4. The number of aryl methyl sites for hydroxylation is 1. The minimum absolute atomic E-state index is 0.0554. The molecule has 2 rings (SSSR count). The van der Waals surface area contributed by atoms with Gasteiger partial charge in [-0.1, -0.05) is 50.9 Å². The molecule has 0 bridgehead atoms. The van der Waals surface area contributed by atoms with Gasteiger partial charge in [0.2, 0.25) is 0 Å². The molecule has 0 amide bonds. The molecule has 0 fully saturated rings. The zero-order valence-electron chi connectivity index (χ0n) is 11.7. The van der Waals surface area contributed by atoms with Crippen molar-refractivity contribution >= 4 is 31.9 Å². The van der Waals surface area contributed by atoms with Crippen LogP contribution in [-0.4, -0.2) is 6.54 Å². The van der Waals surface area contributed by atoms with Gasteiger partial charge in [0.25, 0.3) is 0 Å². The molecule has 0 radical (unpaired) electrons. The molecule has 1 unspecified atom stereocenters. The standard InChI is InChI=1S/C16H15Br2F2N/c1-3-21-16(11-6-5-10(17)8-12(11)18)14-13(19)7-4-9(2)15(14)20/h4-8,16,21H,3H2,1-2H3. The third kappa shape index (κ3) is 3.52. The first kappa shape index (κ1) is 16.6. The van der Waals surface area contributed by atoms with E-state index >= 15 is 0 Å². The lowest BCUT2D eigenvalue weighted by Gasteiger charge is -2.22. The van der Waals surface area contributed by atoms with Gasteiger partial charge in [0.05, 0.1) is 6.04 Å². The predicted molar refractivity (Wildman–Crippen MR) is 88.5 cm³/mol. The summed E-state index contributed by atoms with van der Waals surface area (Å²) in [7, 11) is 0. The van der Waals surface area contributed by atoms with Gasteiger partial charge in [-0.05, 0) is 42.8 Å². The Hall–Kier alpha value is -0.780. The Kier molecular flexibility index (Phi) is 5.52. The molecule has 0 spiro atoms. The Morgan fingerprint density at radius 1 is 1.14 bits per heavy atom. The average Bonchev–Trinajstić information content (AvgIpc) is 2.43. The fourth-order valence-electron chi connectivity index (χ4n) is 2.25. The lowest BCUT2D eigenvalue weighted by Crippen LogP contribution is -2.25. The van der Waals surface area contributed by atoms with Crippen LogP contribution in [-0.2, 0) is 0 Å². The normalized spacial score (nSPS) is 12.5. The van der Waals surface area contributed by atoms with Crippen LogP contribution in [0.5, 0.6) is 0 Å². The van der Waals surface area contributed by atoms with Crippen LogP contribution in [0, 0.1) is 18.6 Å². The molecular formula is C16H15Br2F2N. The van der Waals surface area contributed by atoms with E-state index in [9.17, 15) is 8.78 Å². The Bertz CT molecular complexity index is 659. The summed E-state index contributed by atoms with van der Waals surface area (Å²) in [6.07, 6.45) is 0. The van der Waals surface area contributed by atoms with Crippen molar-refractivity contribution in [3.05, 3.63) is 67.6 Å². The van der Waals surface area contributed by atoms with E-state index in [0.29, 0.717) is 12.1 Å². The van der Waals surface area contributed by atoms with E-state index in [2.05, 4.69) is 37.2 Å². The summed E-state index contributed by atoms with van der Waals surface area (Å²) < 4.78 is 30.3. The molecule has 1 N–H and O–H groups in total. The summed E-state index contributed by atoms with van der Waals surface area (Å²) in [5.74, 6) is -1.05. The first-order valence-electron chi connectivity index (χ1n) is 6.58. The van der Waals surface area contributed by atoms with Crippen LogP contribution in [0.15, 0.2) is 39.3 Å². The molecule has 0 saturated heterocycles. The maximum atomic E-state index is 14.4. The highest BCUT2D eigenvalue weighted by atomic mass is 79.9. The third-order valence-electron chi connectivity index (χ3n) is 3.29. The third-order valence-corrected chi connectivity index (χ3v) is 4.47. The van der Waals surface area contributed by atoms with Crippen molar-refractivity contribution in [3.8, 4) is 0 Å². The quantitative estimate of drug-likeness (QED) is 0.691. The van der Waals surface area contributed by atoms with E-state index in [-0.39, 0.29) is 5.56 Å². The van der Waals surface area contributed by atoms with Gasteiger partial charge in [0.15, 0.2) is 0 Å². The second kappa shape index (κ2) is 6.99. The van der Waals surface area contributed by atoms with Crippen molar-refractivity contribution in [3.63, 3.8) is 0 Å². The van der Waals surface area contributed by atoms with Gasteiger partial charge in [0.1, 0.15) is 11.6 Å². The highest BCUT2D eigenvalue weighted by molar-refractivity contribution is 9.11. The van der Waals surface area contributed by atoms with E-state index < -0.39 is 17.7 Å². The molecule has 1 nitrogen and oxygen atoms in total. The van der Waals surface area contributed by atoms with E-state index in [1.807, 2.05) is 25.1 Å². The molecule has 0 aliphatic heterocycles. The first-order chi connectivity index (χ1) is 9.95. The molecule has 2 aromatic carbocycles. The monoisotopic (exact) mass is 417 g/mol. The van der Waals surface area contributed by atoms with Crippen molar-refractivity contribution in [2.24, 2.45) is 0 Å². The average molecular weight is 419 g/mol. The van der Waals surface area contributed by atoms with Crippen molar-refractivity contribution in [2.75, 3.05) is 6.54 Å². The lowest BCUT2D eigenvalue weighted by atomic mass is 9.96. The van der Waals surface area contributed by atoms with E-state index in [4.69, 9.17) is 0 Å². The van der Waals surface area contributed by atoms with Gasteiger partial charge in [-0.2, -0.15) is 0 Å². The first-order valence-corrected chi connectivity index (χ1v) is 8.17. The highest BCUT2D eigenvalue weighted by Gasteiger charge is 2.24. The number of hydrogen-bond donors (Lipinski definition) is 1. The molecule has 21 heavy (non-hydrogen) atoms. The Labute approximate surface area is 140 Å². The molecule has 5 heteroatoms. The second-order valence-corrected chi connectivity index (χ2v) is 6.52. The summed E-state index contributed by atoms with van der Waals surface area (Å²) in [6, 6.07) is 7.79. The van der Waals surface area contributed by atoms with Crippen LogP contribution < -0.4 is 5.32 Å². The van der Waals surface area contributed by atoms with Crippen LogP contribution in [0.3, 0.4) is 0 Å². The smallest absolute Gasteiger partial charge is 0.134 e. The Morgan fingerprint density at radius 2 is 1.86 bits per heavy atom. The van der Waals surface area contributed by atoms with E-state index in [1.54, 1.807) is 6.92 Å². The molecule has 0 aliphatic carbocycles. The van der Waals surface area contributed by atoms with Crippen LogP contribution >= 0.6 is 31.9 Å². The van der Waals surface area contributed by atoms with Gasteiger partial charge in [-0.15, -0.1) is 0 Å². The summed E-state index contributed by atoms with van der Waals surface area (Å²) in [6.45, 7) is 4.14. The summed E-state index contributed by atoms with van der Waals surface area (Å²) in [4.78, 5) is 0. The van der Waals surface area contributed by atoms with Crippen LogP contribution in [0.2, 0.25) is 0 Å². The molecule has 112 valence electrons. The zero-order valence-corrected chi connectivity index (χ0v) is 14.9. The minimum Gasteiger partial charge on any atom is -0.306 e. The summed E-state index contributed by atoms with van der Waals surface area (Å²) in [5, 5.41) is 3.16. The van der Waals surface area contributed by atoms with Crippen molar-refractivity contribution in [1.29, 1.82) is 0 Å². The lowest BCUT2D eigenvalue weighted by molar-refractivity contribution is 0.505. The largest absolute Gasteiger partial charge is 0.306 e. The van der Waals surface area contributed by atoms with E-state index in [1.165, 1.54) is 12.1 Å². The number of nitrogens with one attached hydrogen (secondary N) is 1. The van der Waals surface area contributed by atoms with Crippen LogP contribution in [0.1, 0.15) is 29.7 Å². The highest BCUT2D eigenvalue weighted by Crippen LogP contribution is 2.34. The molecule has 0 heterocycles. The zero-order chi connectivity index (χ0) is 15.6. The molecule has 1 atom stereocenters. The van der Waals surface area contributed by atoms with Gasteiger partial charge in [-0.25, -0.2) is 8.78 Å². The SMILES string of the molecule is CCNC(c1ccc(Br)cc1Br)c1c(F)ccc(C)c1F. The Balaban J connectivity index is 2.61. The number of benzene rings is 2. The van der Waals surface area contributed by atoms with Crippen molar-refractivity contribution in [2.45, 2.75) is 19.9 Å².